The lowest BCUT2D eigenvalue weighted by Crippen LogP contribution is -2.08. The average molecular weight is 237 g/mol. The van der Waals surface area contributed by atoms with E-state index in [0.717, 1.165) is 17.0 Å². The van der Waals surface area contributed by atoms with Crippen molar-refractivity contribution in [3.8, 4) is 0 Å². The van der Waals surface area contributed by atoms with E-state index in [2.05, 4.69) is 0 Å². The third-order valence-corrected chi connectivity index (χ3v) is 3.56. The van der Waals surface area contributed by atoms with E-state index >= 15 is 0 Å². The summed E-state index contributed by atoms with van der Waals surface area (Å²) >= 11 is 5.80. The van der Waals surface area contributed by atoms with Crippen LogP contribution in [0.1, 0.15) is 37.7 Å². The summed E-state index contributed by atoms with van der Waals surface area (Å²) in [5, 5.41) is 0.729. The van der Waals surface area contributed by atoms with E-state index < -0.39 is 0 Å². The third-order valence-electron chi connectivity index (χ3n) is 3.31. The monoisotopic (exact) mass is 236 g/mol. The van der Waals surface area contributed by atoms with Gasteiger partial charge in [0.1, 0.15) is 5.78 Å². The lowest BCUT2D eigenvalue weighted by Gasteiger charge is -2.07. The maximum absolute atomic E-state index is 11.8. The first-order valence-corrected chi connectivity index (χ1v) is 6.38. The first-order valence-electron chi connectivity index (χ1n) is 6.00. The summed E-state index contributed by atoms with van der Waals surface area (Å²) in [5.74, 6) is 1.02. The Labute approximate surface area is 102 Å². The second-order valence-corrected chi connectivity index (χ2v) is 5.13. The van der Waals surface area contributed by atoms with Gasteiger partial charge in [-0.15, -0.1) is 0 Å². The van der Waals surface area contributed by atoms with Gasteiger partial charge in [0.05, 0.1) is 0 Å². The molecule has 0 saturated heterocycles. The minimum atomic E-state index is 0.370. The van der Waals surface area contributed by atoms with Gasteiger partial charge in [-0.25, -0.2) is 0 Å². The molecule has 1 aromatic carbocycles. The summed E-state index contributed by atoms with van der Waals surface area (Å²) in [6.45, 7) is 0. The normalized spacial score (nSPS) is 16.6. The van der Waals surface area contributed by atoms with Crippen LogP contribution in [0.2, 0.25) is 5.02 Å². The molecule has 0 heterocycles. The van der Waals surface area contributed by atoms with Crippen molar-refractivity contribution in [2.75, 3.05) is 0 Å². The van der Waals surface area contributed by atoms with Gasteiger partial charge in [0, 0.05) is 17.9 Å². The number of benzene rings is 1. The van der Waals surface area contributed by atoms with Gasteiger partial charge in [0.25, 0.3) is 0 Å². The van der Waals surface area contributed by atoms with Crippen molar-refractivity contribution in [2.45, 2.75) is 38.5 Å². The van der Waals surface area contributed by atoms with Crippen LogP contribution < -0.4 is 0 Å². The standard InChI is InChI=1S/C14H17ClO/c15-13-7-5-12(6-8-13)10-14(16)9-11-3-1-2-4-11/h5-8,11H,1-4,9-10H2. The topological polar surface area (TPSA) is 17.1 Å². The van der Waals surface area contributed by atoms with Crippen LogP contribution in [0.3, 0.4) is 0 Å². The zero-order valence-corrected chi connectivity index (χ0v) is 10.2. The van der Waals surface area contributed by atoms with Crippen molar-refractivity contribution >= 4 is 17.4 Å². The van der Waals surface area contributed by atoms with Crippen LogP contribution in [0, 0.1) is 5.92 Å². The highest BCUT2D eigenvalue weighted by Crippen LogP contribution is 2.28. The van der Waals surface area contributed by atoms with Gasteiger partial charge >= 0.3 is 0 Å². The van der Waals surface area contributed by atoms with Crippen molar-refractivity contribution in [3.05, 3.63) is 34.9 Å². The van der Waals surface area contributed by atoms with Gasteiger partial charge in [-0.2, -0.15) is 0 Å². The number of carbonyl (C=O) groups excluding carboxylic acids is 1. The quantitative estimate of drug-likeness (QED) is 0.772. The molecule has 1 aromatic rings. The highest BCUT2D eigenvalue weighted by Gasteiger charge is 2.18. The number of hydrogen-bond acceptors (Lipinski definition) is 1. The molecule has 0 atom stereocenters. The van der Waals surface area contributed by atoms with Crippen molar-refractivity contribution in [3.63, 3.8) is 0 Å². The van der Waals surface area contributed by atoms with E-state index in [1.54, 1.807) is 0 Å². The fourth-order valence-corrected chi connectivity index (χ4v) is 2.56. The molecule has 0 unspecified atom stereocenters. The predicted octanol–water partition coefficient (Wildman–Crippen LogP) is 4.03. The third kappa shape index (κ3) is 3.34. The van der Waals surface area contributed by atoms with E-state index in [4.69, 9.17) is 11.6 Å². The minimum absolute atomic E-state index is 0.370. The molecule has 1 aliphatic rings. The first-order chi connectivity index (χ1) is 7.74. The Hall–Kier alpha value is -0.820. The summed E-state index contributed by atoms with van der Waals surface area (Å²) in [7, 11) is 0. The maximum Gasteiger partial charge on any atom is 0.137 e. The molecule has 0 bridgehead atoms. The molecule has 1 nitrogen and oxygen atoms in total. The number of rotatable bonds is 4. The molecule has 0 radical (unpaired) electrons. The van der Waals surface area contributed by atoms with E-state index in [1.807, 2.05) is 24.3 Å². The molecule has 0 aromatic heterocycles. The van der Waals surface area contributed by atoms with Crippen molar-refractivity contribution in [1.82, 2.24) is 0 Å². The molecular formula is C14H17ClO. The van der Waals surface area contributed by atoms with Crippen LogP contribution >= 0.6 is 11.6 Å². The second kappa shape index (κ2) is 5.49. The fourth-order valence-electron chi connectivity index (χ4n) is 2.44. The fraction of sp³-hybridized carbons (Fsp3) is 0.500. The SMILES string of the molecule is O=C(Cc1ccc(Cl)cc1)CC1CCCC1. The summed E-state index contributed by atoms with van der Waals surface area (Å²) in [6.07, 6.45) is 6.42. The summed E-state index contributed by atoms with van der Waals surface area (Å²) in [5.41, 5.74) is 1.08. The van der Waals surface area contributed by atoms with Crippen LogP contribution in [-0.2, 0) is 11.2 Å². The number of hydrogen-bond donors (Lipinski definition) is 0. The first kappa shape index (κ1) is 11.7. The smallest absolute Gasteiger partial charge is 0.137 e. The Morgan fingerprint density at radius 3 is 2.44 bits per heavy atom. The Balaban J connectivity index is 1.84. The van der Waals surface area contributed by atoms with E-state index in [-0.39, 0.29) is 0 Å². The highest BCUT2D eigenvalue weighted by atomic mass is 35.5. The Bertz CT molecular complexity index is 350. The van der Waals surface area contributed by atoms with Crippen LogP contribution in [0.15, 0.2) is 24.3 Å². The highest BCUT2D eigenvalue weighted by molar-refractivity contribution is 6.30. The van der Waals surface area contributed by atoms with Gasteiger partial charge in [-0.05, 0) is 23.6 Å². The molecule has 2 heteroatoms. The number of Topliss-reactive ketones (excluding diaryl/α,β-unsaturated/α-hetero) is 1. The lowest BCUT2D eigenvalue weighted by molar-refractivity contribution is -0.119. The molecule has 86 valence electrons. The average Bonchev–Trinajstić information content (AvgIpc) is 2.74. The summed E-state index contributed by atoms with van der Waals surface area (Å²) in [4.78, 5) is 11.8. The molecule has 0 spiro atoms. The lowest BCUT2D eigenvalue weighted by atomic mass is 9.97. The van der Waals surface area contributed by atoms with Gasteiger partial charge in [0.2, 0.25) is 0 Å². The number of ketones is 1. The van der Waals surface area contributed by atoms with Gasteiger partial charge < -0.3 is 0 Å². The van der Waals surface area contributed by atoms with Gasteiger partial charge in [-0.1, -0.05) is 49.4 Å². The van der Waals surface area contributed by atoms with Crippen molar-refractivity contribution in [2.24, 2.45) is 5.92 Å². The van der Waals surface area contributed by atoms with E-state index in [1.165, 1.54) is 25.7 Å². The molecule has 0 aliphatic heterocycles. The van der Waals surface area contributed by atoms with Gasteiger partial charge in [0.15, 0.2) is 0 Å². The largest absolute Gasteiger partial charge is 0.299 e. The Morgan fingerprint density at radius 1 is 1.19 bits per heavy atom. The van der Waals surface area contributed by atoms with Crippen LogP contribution in [0.4, 0.5) is 0 Å². The summed E-state index contributed by atoms with van der Waals surface area (Å²) in [6, 6.07) is 7.57. The minimum Gasteiger partial charge on any atom is -0.299 e. The molecule has 16 heavy (non-hydrogen) atoms. The molecule has 1 fully saturated rings. The molecule has 2 rings (SSSR count). The summed E-state index contributed by atoms with van der Waals surface area (Å²) < 4.78 is 0. The Morgan fingerprint density at radius 2 is 1.81 bits per heavy atom. The molecule has 1 aliphatic carbocycles. The molecule has 0 amide bonds. The van der Waals surface area contributed by atoms with Crippen LogP contribution in [0.25, 0.3) is 0 Å². The molecular weight excluding hydrogens is 220 g/mol. The van der Waals surface area contributed by atoms with Crippen LogP contribution in [0.5, 0.6) is 0 Å². The zero-order chi connectivity index (χ0) is 11.4. The predicted molar refractivity (Wildman–Crippen MR) is 66.7 cm³/mol. The van der Waals surface area contributed by atoms with Crippen LogP contribution in [-0.4, -0.2) is 5.78 Å². The molecule has 1 saturated carbocycles. The number of carbonyl (C=O) groups is 1. The van der Waals surface area contributed by atoms with E-state index in [9.17, 15) is 4.79 Å². The van der Waals surface area contributed by atoms with Gasteiger partial charge in [-0.3, -0.25) is 4.79 Å². The molecule has 0 N–H and O–H groups in total. The van der Waals surface area contributed by atoms with Crippen molar-refractivity contribution < 1.29 is 4.79 Å². The van der Waals surface area contributed by atoms with Crippen molar-refractivity contribution in [1.29, 1.82) is 0 Å². The number of halogens is 1. The zero-order valence-electron chi connectivity index (χ0n) is 9.42. The second-order valence-electron chi connectivity index (χ2n) is 4.70. The Kier molecular flexibility index (Phi) is 4.00. The van der Waals surface area contributed by atoms with E-state index in [0.29, 0.717) is 18.1 Å². The maximum atomic E-state index is 11.8.